The third kappa shape index (κ3) is 1.65. The fourth-order valence-corrected chi connectivity index (χ4v) is 1.39. The van der Waals surface area contributed by atoms with E-state index in [0.717, 1.165) is 6.07 Å². The molecule has 4 heteroatoms. The van der Waals surface area contributed by atoms with E-state index >= 15 is 0 Å². The van der Waals surface area contributed by atoms with E-state index in [2.05, 4.69) is 5.32 Å². The Morgan fingerprint density at radius 3 is 2.71 bits per heavy atom. The number of rotatable bonds is 2. The highest BCUT2D eigenvalue weighted by Gasteiger charge is 2.34. The van der Waals surface area contributed by atoms with Gasteiger partial charge in [0.15, 0.2) is 11.6 Å². The first-order chi connectivity index (χ1) is 6.59. The van der Waals surface area contributed by atoms with E-state index in [1.807, 2.05) is 6.92 Å². The van der Waals surface area contributed by atoms with Gasteiger partial charge in [0, 0.05) is 19.2 Å². The van der Waals surface area contributed by atoms with Gasteiger partial charge in [-0.2, -0.15) is 0 Å². The van der Waals surface area contributed by atoms with E-state index in [4.69, 9.17) is 9.84 Å². The minimum absolute atomic E-state index is 0.0910. The summed E-state index contributed by atoms with van der Waals surface area (Å²) in [5.74, 6) is -0.434. The van der Waals surface area contributed by atoms with Crippen LogP contribution in [0.2, 0.25) is 0 Å². The van der Waals surface area contributed by atoms with Crippen LogP contribution in [0.4, 0.5) is 4.39 Å². The van der Waals surface area contributed by atoms with Crippen molar-refractivity contribution in [1.29, 1.82) is 0 Å². The van der Waals surface area contributed by atoms with Gasteiger partial charge in [-0.25, -0.2) is 4.39 Å². The molecule has 14 heavy (non-hydrogen) atoms. The van der Waals surface area contributed by atoms with Gasteiger partial charge in [-0.15, -0.1) is 0 Å². The lowest BCUT2D eigenvalue weighted by Crippen LogP contribution is -2.61. The van der Waals surface area contributed by atoms with E-state index in [0.29, 0.717) is 13.1 Å². The molecular formula is C10H12FNO2. The third-order valence-corrected chi connectivity index (χ3v) is 2.27. The molecule has 0 aliphatic carbocycles. The van der Waals surface area contributed by atoms with Gasteiger partial charge in [0.05, 0.1) is 0 Å². The maximum absolute atomic E-state index is 13.2. The van der Waals surface area contributed by atoms with E-state index in [-0.39, 0.29) is 17.1 Å². The zero-order chi connectivity index (χ0) is 10.2. The standard InChI is InChI=1S/C10H12FNO2/c1-10(5-12-6-10)14-9-3-2-7(13)4-8(9)11/h2-4,12-13H,5-6H2,1H3. The van der Waals surface area contributed by atoms with E-state index in [1.165, 1.54) is 12.1 Å². The zero-order valence-electron chi connectivity index (χ0n) is 7.88. The fraction of sp³-hybridized carbons (Fsp3) is 0.400. The van der Waals surface area contributed by atoms with Crippen LogP contribution in [0.15, 0.2) is 18.2 Å². The molecule has 2 rings (SSSR count). The summed E-state index contributed by atoms with van der Waals surface area (Å²) in [7, 11) is 0. The maximum atomic E-state index is 13.2. The molecule has 1 aromatic carbocycles. The van der Waals surface area contributed by atoms with Crippen molar-refractivity contribution < 1.29 is 14.2 Å². The van der Waals surface area contributed by atoms with Gasteiger partial charge < -0.3 is 15.2 Å². The summed E-state index contributed by atoms with van der Waals surface area (Å²) in [6.07, 6.45) is 0. The number of halogens is 1. The summed E-state index contributed by atoms with van der Waals surface area (Å²) in [6, 6.07) is 3.90. The smallest absolute Gasteiger partial charge is 0.168 e. The highest BCUT2D eigenvalue weighted by molar-refractivity contribution is 5.32. The Morgan fingerprint density at radius 2 is 2.21 bits per heavy atom. The summed E-state index contributed by atoms with van der Waals surface area (Å²) in [5, 5.41) is 12.1. The first-order valence-electron chi connectivity index (χ1n) is 4.47. The average Bonchev–Trinajstić information content (AvgIpc) is 2.07. The largest absolute Gasteiger partial charge is 0.508 e. The van der Waals surface area contributed by atoms with Crippen molar-refractivity contribution in [1.82, 2.24) is 5.32 Å². The number of hydrogen-bond acceptors (Lipinski definition) is 3. The summed E-state index contributed by atoms with van der Waals surface area (Å²) < 4.78 is 18.7. The van der Waals surface area contributed by atoms with Crippen molar-refractivity contribution in [3.63, 3.8) is 0 Å². The minimum Gasteiger partial charge on any atom is -0.508 e. The summed E-state index contributed by atoms with van der Waals surface area (Å²) >= 11 is 0. The van der Waals surface area contributed by atoms with Gasteiger partial charge in [-0.05, 0) is 19.1 Å². The molecule has 76 valence electrons. The Balaban J connectivity index is 2.16. The second-order valence-electron chi connectivity index (χ2n) is 3.77. The lowest BCUT2D eigenvalue weighted by molar-refractivity contribution is 0.0311. The molecule has 1 fully saturated rings. The number of nitrogens with one attached hydrogen (secondary N) is 1. The number of phenols is 1. The molecule has 0 saturated carbocycles. The van der Waals surface area contributed by atoms with Gasteiger partial charge in [0.25, 0.3) is 0 Å². The summed E-state index contributed by atoms with van der Waals surface area (Å²) in [4.78, 5) is 0. The number of ether oxygens (including phenoxy) is 1. The Bertz CT molecular complexity index is 350. The van der Waals surface area contributed by atoms with Gasteiger partial charge in [0.1, 0.15) is 11.4 Å². The topological polar surface area (TPSA) is 41.5 Å². The molecule has 0 atom stereocenters. The molecule has 2 N–H and O–H groups in total. The van der Waals surface area contributed by atoms with Crippen molar-refractivity contribution in [2.75, 3.05) is 13.1 Å². The average molecular weight is 197 g/mol. The molecule has 1 aromatic rings. The first-order valence-corrected chi connectivity index (χ1v) is 4.47. The van der Waals surface area contributed by atoms with Crippen LogP contribution in [-0.4, -0.2) is 23.8 Å². The molecule has 0 spiro atoms. The van der Waals surface area contributed by atoms with E-state index in [1.54, 1.807) is 0 Å². The molecule has 1 heterocycles. The summed E-state index contributed by atoms with van der Waals surface area (Å²) in [5.41, 5.74) is -0.322. The lowest BCUT2D eigenvalue weighted by Gasteiger charge is -2.39. The first kappa shape index (κ1) is 9.27. The number of hydrogen-bond donors (Lipinski definition) is 2. The normalized spacial score (nSPS) is 18.7. The van der Waals surface area contributed by atoms with Crippen molar-refractivity contribution in [3.8, 4) is 11.5 Å². The molecule has 3 nitrogen and oxygen atoms in total. The fourth-order valence-electron chi connectivity index (χ4n) is 1.39. The van der Waals surface area contributed by atoms with Crippen LogP contribution in [-0.2, 0) is 0 Å². The quantitative estimate of drug-likeness (QED) is 0.750. The van der Waals surface area contributed by atoms with Crippen molar-refractivity contribution in [2.24, 2.45) is 0 Å². The van der Waals surface area contributed by atoms with Crippen LogP contribution in [0.1, 0.15) is 6.92 Å². The highest BCUT2D eigenvalue weighted by Crippen LogP contribution is 2.26. The van der Waals surface area contributed by atoms with Crippen molar-refractivity contribution in [3.05, 3.63) is 24.0 Å². The predicted octanol–water partition coefficient (Wildman–Crippen LogP) is 1.27. The maximum Gasteiger partial charge on any atom is 0.168 e. The predicted molar refractivity (Wildman–Crippen MR) is 50.0 cm³/mol. The van der Waals surface area contributed by atoms with E-state index in [9.17, 15) is 4.39 Å². The van der Waals surface area contributed by atoms with Crippen LogP contribution in [0.25, 0.3) is 0 Å². The summed E-state index contributed by atoms with van der Waals surface area (Å²) in [6.45, 7) is 3.34. The van der Waals surface area contributed by atoms with Crippen LogP contribution >= 0.6 is 0 Å². The van der Waals surface area contributed by atoms with Crippen molar-refractivity contribution >= 4 is 0 Å². The molecular weight excluding hydrogens is 185 g/mol. The Hall–Kier alpha value is -1.29. The number of aromatic hydroxyl groups is 1. The Morgan fingerprint density at radius 1 is 1.50 bits per heavy atom. The SMILES string of the molecule is CC1(Oc2ccc(O)cc2F)CNC1. The van der Waals surface area contributed by atoms with Crippen molar-refractivity contribution in [2.45, 2.75) is 12.5 Å². The van der Waals surface area contributed by atoms with Gasteiger partial charge >= 0.3 is 0 Å². The van der Waals surface area contributed by atoms with Gasteiger partial charge in [0.2, 0.25) is 0 Å². The van der Waals surface area contributed by atoms with Crippen LogP contribution in [0.5, 0.6) is 11.5 Å². The molecule has 0 aromatic heterocycles. The number of benzene rings is 1. The molecule has 0 radical (unpaired) electrons. The van der Waals surface area contributed by atoms with Crippen LogP contribution in [0.3, 0.4) is 0 Å². The second-order valence-corrected chi connectivity index (χ2v) is 3.77. The Labute approximate surface area is 81.5 Å². The van der Waals surface area contributed by atoms with E-state index < -0.39 is 5.82 Å². The highest BCUT2D eigenvalue weighted by atomic mass is 19.1. The van der Waals surface area contributed by atoms with Crippen LogP contribution < -0.4 is 10.1 Å². The second kappa shape index (κ2) is 3.13. The third-order valence-electron chi connectivity index (χ3n) is 2.27. The zero-order valence-corrected chi connectivity index (χ0v) is 7.88. The molecule has 0 unspecified atom stereocenters. The molecule has 1 aliphatic heterocycles. The molecule has 1 aliphatic rings. The Kier molecular flexibility index (Phi) is 2.07. The number of phenolic OH excluding ortho intramolecular Hbond substituents is 1. The lowest BCUT2D eigenvalue weighted by atomic mass is 10.00. The molecule has 1 saturated heterocycles. The van der Waals surface area contributed by atoms with Gasteiger partial charge in [-0.3, -0.25) is 0 Å². The van der Waals surface area contributed by atoms with Gasteiger partial charge in [-0.1, -0.05) is 0 Å². The minimum atomic E-state index is -0.530. The van der Waals surface area contributed by atoms with Crippen LogP contribution in [0, 0.1) is 5.82 Å². The monoisotopic (exact) mass is 197 g/mol. The molecule has 0 bridgehead atoms. The molecule has 0 amide bonds.